The molecule has 3 nitrogen and oxygen atoms in total. The van der Waals surface area contributed by atoms with Crippen molar-refractivity contribution in [1.29, 1.82) is 0 Å². The average Bonchev–Trinajstić information content (AvgIpc) is 3.10. The molecule has 0 saturated heterocycles. The zero-order chi connectivity index (χ0) is 19.1. The van der Waals surface area contributed by atoms with Crippen molar-refractivity contribution >= 4 is 22.2 Å². The van der Waals surface area contributed by atoms with E-state index in [1.165, 1.54) is 33.3 Å². The summed E-state index contributed by atoms with van der Waals surface area (Å²) in [6, 6.07) is 27.3. The van der Waals surface area contributed by atoms with Crippen LogP contribution in [-0.2, 0) is 0 Å². The maximum atomic E-state index is 5.35. The van der Waals surface area contributed by atoms with Crippen LogP contribution in [0.4, 0.5) is 0 Å². The molecule has 1 aliphatic heterocycles. The minimum absolute atomic E-state index is 0.856. The Labute approximate surface area is 164 Å². The lowest BCUT2D eigenvalue weighted by Gasteiger charge is -2.07. The van der Waals surface area contributed by atoms with Gasteiger partial charge in [0, 0.05) is 17.0 Å². The number of methoxy groups -OCH3 is 2. The number of aromatic nitrogens is 1. The molecule has 0 saturated carbocycles. The van der Waals surface area contributed by atoms with Crippen LogP contribution in [0.25, 0.3) is 22.2 Å². The van der Waals surface area contributed by atoms with Crippen LogP contribution >= 0.6 is 0 Å². The maximum Gasteiger partial charge on any atom is 0.227 e. The van der Waals surface area contributed by atoms with Crippen LogP contribution in [0, 0.1) is 0 Å². The normalized spacial score (nSPS) is 12.5. The molecule has 2 heterocycles. The number of pyridine rings is 1. The van der Waals surface area contributed by atoms with Gasteiger partial charge in [0.1, 0.15) is 11.5 Å². The number of nitrogens with zero attached hydrogens (tertiary/aromatic N) is 1. The molecule has 1 aliphatic rings. The van der Waals surface area contributed by atoms with Crippen molar-refractivity contribution in [3.63, 3.8) is 0 Å². The minimum Gasteiger partial charge on any atom is -0.497 e. The van der Waals surface area contributed by atoms with E-state index in [0.717, 1.165) is 17.1 Å². The van der Waals surface area contributed by atoms with Crippen LogP contribution < -0.4 is 14.0 Å². The molecule has 0 atom stereocenters. The highest BCUT2D eigenvalue weighted by molar-refractivity contribution is 6.06. The van der Waals surface area contributed by atoms with Gasteiger partial charge in [-0.1, -0.05) is 18.2 Å². The molecule has 1 aromatic heterocycles. The van der Waals surface area contributed by atoms with Crippen molar-refractivity contribution in [2.45, 2.75) is 0 Å². The van der Waals surface area contributed by atoms with Gasteiger partial charge in [0.2, 0.25) is 11.2 Å². The fourth-order valence-electron chi connectivity index (χ4n) is 3.99. The maximum absolute atomic E-state index is 5.35. The highest BCUT2D eigenvalue weighted by Crippen LogP contribution is 2.39. The van der Waals surface area contributed by atoms with E-state index in [-0.39, 0.29) is 0 Å². The summed E-state index contributed by atoms with van der Waals surface area (Å²) in [4.78, 5) is 0. The molecule has 0 amide bonds. The van der Waals surface area contributed by atoms with Crippen molar-refractivity contribution in [3.05, 3.63) is 102 Å². The van der Waals surface area contributed by atoms with Crippen molar-refractivity contribution < 1.29 is 14.0 Å². The lowest BCUT2D eigenvalue weighted by Crippen LogP contribution is -2.31. The Hall–Kier alpha value is -3.59. The standard InChI is InChI=1S/C25H20NO2/c1-27-20-12-8-17(9-13-20)23-22-7-3-5-18-6-4-16-26(24(18)22)25(23)19-10-14-21(28-2)15-11-19/h3-16H,1-2H3/q+1. The third kappa shape index (κ3) is 2.48. The molecule has 5 rings (SSSR count). The van der Waals surface area contributed by atoms with Crippen molar-refractivity contribution in [3.8, 4) is 11.5 Å². The summed E-state index contributed by atoms with van der Waals surface area (Å²) in [5.41, 5.74) is 7.21. The predicted octanol–water partition coefficient (Wildman–Crippen LogP) is 4.92. The van der Waals surface area contributed by atoms with Gasteiger partial charge in [-0.25, -0.2) is 0 Å². The molecule has 3 heteroatoms. The summed E-state index contributed by atoms with van der Waals surface area (Å²) in [5.74, 6) is 1.71. The molecule has 0 unspecified atom stereocenters. The first-order chi connectivity index (χ1) is 13.8. The van der Waals surface area contributed by atoms with Crippen molar-refractivity contribution in [2.24, 2.45) is 0 Å². The largest absolute Gasteiger partial charge is 0.497 e. The van der Waals surface area contributed by atoms with Crippen molar-refractivity contribution in [2.75, 3.05) is 14.2 Å². The molecule has 4 aromatic rings. The Balaban J connectivity index is 1.81. The zero-order valence-electron chi connectivity index (χ0n) is 15.8. The van der Waals surface area contributed by atoms with Gasteiger partial charge in [-0.3, -0.25) is 0 Å². The van der Waals surface area contributed by atoms with Gasteiger partial charge in [0.25, 0.3) is 0 Å². The number of hydrogen-bond acceptors (Lipinski definition) is 2. The van der Waals surface area contributed by atoms with Gasteiger partial charge in [0.15, 0.2) is 6.20 Å². The Morgan fingerprint density at radius 2 is 1.25 bits per heavy atom. The van der Waals surface area contributed by atoms with Gasteiger partial charge >= 0.3 is 0 Å². The summed E-state index contributed by atoms with van der Waals surface area (Å²) in [6.45, 7) is 0. The second-order valence-electron chi connectivity index (χ2n) is 6.80. The van der Waals surface area contributed by atoms with Crippen LogP contribution in [0.2, 0.25) is 0 Å². The molecule has 0 aliphatic carbocycles. The smallest absolute Gasteiger partial charge is 0.227 e. The molecule has 0 N–H and O–H groups in total. The molecule has 0 radical (unpaired) electrons. The highest BCUT2D eigenvalue weighted by Gasteiger charge is 2.33. The van der Waals surface area contributed by atoms with Crippen LogP contribution in [-0.4, -0.2) is 14.2 Å². The molecule has 28 heavy (non-hydrogen) atoms. The van der Waals surface area contributed by atoms with Crippen LogP contribution in [0.3, 0.4) is 0 Å². The zero-order valence-corrected chi connectivity index (χ0v) is 15.8. The van der Waals surface area contributed by atoms with Crippen molar-refractivity contribution in [1.82, 2.24) is 0 Å². The minimum atomic E-state index is 0.856. The number of hydrogen-bond donors (Lipinski definition) is 0. The first-order valence-corrected chi connectivity index (χ1v) is 9.27. The number of rotatable bonds is 4. The second kappa shape index (κ2) is 6.54. The Morgan fingerprint density at radius 3 is 1.89 bits per heavy atom. The van der Waals surface area contributed by atoms with Crippen LogP contribution in [0.15, 0.2) is 85.1 Å². The second-order valence-corrected chi connectivity index (χ2v) is 6.80. The van der Waals surface area contributed by atoms with Gasteiger partial charge in [-0.05, 0) is 60.2 Å². The summed E-state index contributed by atoms with van der Waals surface area (Å²) in [6.07, 6.45) is 2.14. The fourth-order valence-corrected chi connectivity index (χ4v) is 3.99. The van der Waals surface area contributed by atoms with E-state index in [4.69, 9.17) is 9.47 Å². The van der Waals surface area contributed by atoms with E-state index >= 15 is 0 Å². The van der Waals surface area contributed by atoms with Gasteiger partial charge in [-0.2, -0.15) is 4.57 Å². The van der Waals surface area contributed by atoms with Crippen LogP contribution in [0.5, 0.6) is 11.5 Å². The molecular formula is C25H20NO2+. The highest BCUT2D eigenvalue weighted by atomic mass is 16.5. The molecule has 0 bridgehead atoms. The van der Waals surface area contributed by atoms with Gasteiger partial charge < -0.3 is 9.47 Å². The summed E-state index contributed by atoms with van der Waals surface area (Å²) >= 11 is 0. The molecular weight excluding hydrogens is 346 g/mol. The Bertz CT molecular complexity index is 1110. The van der Waals surface area contributed by atoms with Gasteiger partial charge in [0.05, 0.1) is 25.4 Å². The van der Waals surface area contributed by atoms with E-state index < -0.39 is 0 Å². The first kappa shape index (κ1) is 16.6. The number of para-hydroxylation sites is 1. The Morgan fingerprint density at radius 1 is 0.643 bits per heavy atom. The van der Waals surface area contributed by atoms with E-state index in [1.54, 1.807) is 14.2 Å². The van der Waals surface area contributed by atoms with Gasteiger partial charge in [-0.15, -0.1) is 0 Å². The molecule has 3 aromatic carbocycles. The van der Waals surface area contributed by atoms with E-state index in [0.29, 0.717) is 0 Å². The molecule has 0 spiro atoms. The third-order valence-electron chi connectivity index (χ3n) is 5.31. The SMILES string of the molecule is COc1ccc(C2=C(c3ccc(OC)cc3)[n+]3cccc4cccc2c43)cc1. The summed E-state index contributed by atoms with van der Waals surface area (Å²) < 4.78 is 13.0. The van der Waals surface area contributed by atoms with E-state index in [1.807, 2.05) is 24.3 Å². The Kier molecular flexibility index (Phi) is 3.87. The lowest BCUT2D eigenvalue weighted by atomic mass is 9.94. The third-order valence-corrected chi connectivity index (χ3v) is 5.31. The summed E-state index contributed by atoms with van der Waals surface area (Å²) in [7, 11) is 3.39. The molecule has 0 fully saturated rings. The lowest BCUT2D eigenvalue weighted by molar-refractivity contribution is -0.547. The molecule has 136 valence electrons. The summed E-state index contributed by atoms with van der Waals surface area (Å²) in [5, 5.41) is 1.23. The fraction of sp³-hybridized carbons (Fsp3) is 0.0800. The monoisotopic (exact) mass is 366 g/mol. The van der Waals surface area contributed by atoms with E-state index in [9.17, 15) is 0 Å². The van der Waals surface area contributed by atoms with Crippen LogP contribution in [0.1, 0.15) is 16.7 Å². The predicted molar refractivity (Wildman–Crippen MR) is 111 cm³/mol. The topological polar surface area (TPSA) is 22.3 Å². The quantitative estimate of drug-likeness (QED) is 0.421. The number of benzene rings is 3. The number of ether oxygens (including phenoxy) is 2. The average molecular weight is 366 g/mol. The van der Waals surface area contributed by atoms with E-state index in [2.05, 4.69) is 65.4 Å². The first-order valence-electron chi connectivity index (χ1n) is 9.27.